The van der Waals surface area contributed by atoms with Gasteiger partial charge in [-0.1, -0.05) is 49.4 Å². The largest absolute Gasteiger partial charge is 0.352 e. The maximum absolute atomic E-state index is 13.2. The molecule has 6 heteroatoms. The Morgan fingerprint density at radius 3 is 2.50 bits per heavy atom. The van der Waals surface area contributed by atoms with Crippen molar-refractivity contribution in [2.45, 2.75) is 45.2 Å². The second-order valence-electron chi connectivity index (χ2n) is 7.76. The zero-order valence-electron chi connectivity index (χ0n) is 17.4. The molecule has 1 aliphatic rings. The van der Waals surface area contributed by atoms with Gasteiger partial charge in [0.15, 0.2) is 5.82 Å². The summed E-state index contributed by atoms with van der Waals surface area (Å²) in [6.45, 7) is 4.10. The van der Waals surface area contributed by atoms with Gasteiger partial charge in [-0.2, -0.15) is 0 Å². The number of para-hydroxylation sites is 2. The van der Waals surface area contributed by atoms with Gasteiger partial charge in [-0.15, -0.1) is 0 Å². The fraction of sp³-hybridized carbons (Fsp3) is 0.375. The second kappa shape index (κ2) is 9.11. The highest BCUT2D eigenvalue weighted by atomic mass is 16.2. The zero-order valence-corrected chi connectivity index (χ0v) is 17.4. The highest BCUT2D eigenvalue weighted by Crippen LogP contribution is 2.19. The van der Waals surface area contributed by atoms with Crippen LogP contribution < -0.4 is 15.8 Å². The topological polar surface area (TPSA) is 67.2 Å². The van der Waals surface area contributed by atoms with Gasteiger partial charge in [-0.05, 0) is 37.0 Å². The molecular weight excluding hydrogens is 376 g/mol. The summed E-state index contributed by atoms with van der Waals surface area (Å²) in [5, 5.41) is 3.11. The summed E-state index contributed by atoms with van der Waals surface area (Å²) in [5.41, 5.74) is 2.54. The number of benzene rings is 2. The third kappa shape index (κ3) is 4.22. The predicted octanol–water partition coefficient (Wildman–Crippen LogP) is 3.65. The molecule has 1 aliphatic heterocycles. The number of hydrogen-bond acceptors (Lipinski definition) is 4. The van der Waals surface area contributed by atoms with Crippen molar-refractivity contribution < 1.29 is 4.79 Å². The minimum atomic E-state index is -0.112. The van der Waals surface area contributed by atoms with E-state index in [2.05, 4.69) is 22.1 Å². The van der Waals surface area contributed by atoms with E-state index in [4.69, 9.17) is 0 Å². The Morgan fingerprint density at radius 2 is 1.77 bits per heavy atom. The number of amides is 1. The number of fused-ring (bicyclic) bond motifs is 1. The Morgan fingerprint density at radius 1 is 1.07 bits per heavy atom. The molecule has 1 unspecified atom stereocenters. The van der Waals surface area contributed by atoms with Crippen molar-refractivity contribution in [3.63, 3.8) is 0 Å². The number of nitrogens with one attached hydrogen (secondary N) is 1. The Kier molecular flexibility index (Phi) is 6.12. The van der Waals surface area contributed by atoms with Crippen LogP contribution >= 0.6 is 0 Å². The molecule has 156 valence electrons. The Bertz CT molecular complexity index is 1070. The van der Waals surface area contributed by atoms with Gasteiger partial charge in [-0.3, -0.25) is 9.59 Å². The third-order valence-corrected chi connectivity index (χ3v) is 5.75. The second-order valence-corrected chi connectivity index (χ2v) is 7.76. The quantitative estimate of drug-likeness (QED) is 0.653. The van der Waals surface area contributed by atoms with Crippen LogP contribution in [-0.2, 0) is 11.3 Å². The number of aryl methyl sites for hydroxylation is 1. The maximum Gasteiger partial charge on any atom is 0.294 e. The SMILES string of the molecule is CCC(NC(=O)CCn1c(=O)c(N2CCCC2)nc2ccccc21)c1ccccc1. The lowest BCUT2D eigenvalue weighted by Crippen LogP contribution is -2.34. The van der Waals surface area contributed by atoms with Gasteiger partial charge >= 0.3 is 0 Å². The normalized spacial score (nSPS) is 14.8. The van der Waals surface area contributed by atoms with Gasteiger partial charge < -0.3 is 14.8 Å². The Balaban J connectivity index is 1.55. The van der Waals surface area contributed by atoms with E-state index in [0.717, 1.165) is 48.9 Å². The van der Waals surface area contributed by atoms with Crippen molar-refractivity contribution in [2.75, 3.05) is 18.0 Å². The number of hydrogen-bond donors (Lipinski definition) is 1. The van der Waals surface area contributed by atoms with Crippen LogP contribution in [0.2, 0.25) is 0 Å². The van der Waals surface area contributed by atoms with Crippen LogP contribution in [0.25, 0.3) is 11.0 Å². The number of carbonyl (C=O) groups is 1. The van der Waals surface area contributed by atoms with E-state index in [0.29, 0.717) is 12.4 Å². The molecule has 0 radical (unpaired) electrons. The van der Waals surface area contributed by atoms with E-state index in [1.807, 2.05) is 54.6 Å². The fourth-order valence-corrected chi connectivity index (χ4v) is 4.12. The van der Waals surface area contributed by atoms with Crippen molar-refractivity contribution >= 4 is 22.8 Å². The lowest BCUT2D eigenvalue weighted by molar-refractivity contribution is -0.122. The first-order valence-corrected chi connectivity index (χ1v) is 10.8. The van der Waals surface area contributed by atoms with Gasteiger partial charge in [-0.25, -0.2) is 4.98 Å². The smallest absolute Gasteiger partial charge is 0.294 e. The predicted molar refractivity (Wildman–Crippen MR) is 120 cm³/mol. The molecule has 1 saturated heterocycles. The molecule has 3 aromatic rings. The highest BCUT2D eigenvalue weighted by Gasteiger charge is 2.20. The highest BCUT2D eigenvalue weighted by molar-refractivity contribution is 5.78. The summed E-state index contributed by atoms with van der Waals surface area (Å²) in [4.78, 5) is 32.6. The first kappa shape index (κ1) is 20.1. The molecule has 4 rings (SSSR count). The van der Waals surface area contributed by atoms with Gasteiger partial charge in [0.1, 0.15) is 0 Å². The zero-order chi connectivity index (χ0) is 20.9. The molecular formula is C24H28N4O2. The van der Waals surface area contributed by atoms with Crippen LogP contribution in [0.15, 0.2) is 59.4 Å². The number of nitrogens with zero attached hydrogens (tertiary/aromatic N) is 3. The number of carbonyl (C=O) groups excluding carboxylic acids is 1. The molecule has 1 fully saturated rings. The summed E-state index contributed by atoms with van der Waals surface area (Å²) in [6.07, 6.45) is 3.21. The first-order valence-electron chi connectivity index (χ1n) is 10.8. The first-order chi connectivity index (χ1) is 14.7. The van der Waals surface area contributed by atoms with Crippen molar-refractivity contribution in [3.05, 3.63) is 70.5 Å². The van der Waals surface area contributed by atoms with E-state index in [9.17, 15) is 9.59 Å². The lowest BCUT2D eigenvalue weighted by atomic mass is 10.0. The molecule has 0 saturated carbocycles. The van der Waals surface area contributed by atoms with E-state index in [1.165, 1.54) is 0 Å². The van der Waals surface area contributed by atoms with Gasteiger partial charge in [0.2, 0.25) is 5.91 Å². The minimum Gasteiger partial charge on any atom is -0.352 e. The summed E-state index contributed by atoms with van der Waals surface area (Å²) >= 11 is 0. The van der Waals surface area contributed by atoms with Crippen molar-refractivity contribution in [1.82, 2.24) is 14.9 Å². The summed E-state index contributed by atoms with van der Waals surface area (Å²) in [6, 6.07) is 17.6. The standard InChI is InChI=1S/C24H28N4O2/c1-2-19(18-10-4-3-5-11-18)25-22(29)14-17-28-21-13-7-6-12-20(21)26-23(24(28)30)27-15-8-9-16-27/h3-7,10-13,19H,2,8-9,14-17H2,1H3,(H,25,29). The molecule has 1 amide bonds. The van der Waals surface area contributed by atoms with Crippen molar-refractivity contribution in [3.8, 4) is 0 Å². The molecule has 0 spiro atoms. The van der Waals surface area contributed by atoms with E-state index in [-0.39, 0.29) is 23.9 Å². The van der Waals surface area contributed by atoms with Crippen LogP contribution in [0.4, 0.5) is 5.82 Å². The van der Waals surface area contributed by atoms with Gasteiger partial charge in [0.05, 0.1) is 17.1 Å². The third-order valence-electron chi connectivity index (χ3n) is 5.75. The Labute approximate surface area is 176 Å². The van der Waals surface area contributed by atoms with Crippen LogP contribution in [0, 0.1) is 0 Å². The number of rotatable bonds is 7. The van der Waals surface area contributed by atoms with Crippen LogP contribution in [0.5, 0.6) is 0 Å². The molecule has 0 aliphatic carbocycles. The van der Waals surface area contributed by atoms with Crippen LogP contribution in [0.1, 0.15) is 44.2 Å². The van der Waals surface area contributed by atoms with Crippen molar-refractivity contribution in [1.29, 1.82) is 0 Å². The summed E-state index contributed by atoms with van der Waals surface area (Å²) in [5.74, 6) is 0.448. The van der Waals surface area contributed by atoms with Crippen LogP contribution in [0.3, 0.4) is 0 Å². The molecule has 1 aromatic heterocycles. The molecule has 2 heterocycles. The molecule has 6 nitrogen and oxygen atoms in total. The molecule has 0 bridgehead atoms. The molecule has 2 aromatic carbocycles. The lowest BCUT2D eigenvalue weighted by Gasteiger charge is -2.20. The van der Waals surface area contributed by atoms with Gasteiger partial charge in [0.25, 0.3) is 5.56 Å². The Hall–Kier alpha value is -3.15. The number of anilines is 1. The average Bonchev–Trinajstić information content (AvgIpc) is 3.32. The van der Waals surface area contributed by atoms with Crippen molar-refractivity contribution in [2.24, 2.45) is 0 Å². The van der Waals surface area contributed by atoms with E-state index < -0.39 is 0 Å². The monoisotopic (exact) mass is 404 g/mol. The summed E-state index contributed by atoms with van der Waals surface area (Å²) in [7, 11) is 0. The molecule has 1 N–H and O–H groups in total. The molecule has 1 atom stereocenters. The summed E-state index contributed by atoms with van der Waals surface area (Å²) < 4.78 is 1.71. The number of aromatic nitrogens is 2. The molecule has 30 heavy (non-hydrogen) atoms. The average molecular weight is 405 g/mol. The van der Waals surface area contributed by atoms with Crippen LogP contribution in [-0.4, -0.2) is 28.5 Å². The minimum absolute atomic E-state index is 0.0234. The maximum atomic E-state index is 13.2. The fourth-order valence-electron chi connectivity index (χ4n) is 4.12. The van der Waals surface area contributed by atoms with E-state index >= 15 is 0 Å². The van der Waals surface area contributed by atoms with E-state index in [1.54, 1.807) is 4.57 Å². The van der Waals surface area contributed by atoms with Gasteiger partial charge in [0, 0.05) is 26.1 Å².